The average molecular weight is 272 g/mol. The molecule has 0 radical (unpaired) electrons. The van der Waals surface area contributed by atoms with Gasteiger partial charge in [-0.3, -0.25) is 0 Å². The molecule has 1 aromatic rings. The molecule has 1 aliphatic carbocycles. The van der Waals surface area contributed by atoms with Crippen molar-refractivity contribution in [1.82, 2.24) is 4.31 Å². The highest BCUT2D eigenvalue weighted by Gasteiger charge is 2.34. The van der Waals surface area contributed by atoms with Crippen LogP contribution in [0.4, 0.5) is 4.39 Å². The number of benzene rings is 1. The predicted molar refractivity (Wildman–Crippen MR) is 67.0 cm³/mol. The van der Waals surface area contributed by atoms with E-state index in [1.165, 1.54) is 22.5 Å². The van der Waals surface area contributed by atoms with Crippen molar-refractivity contribution >= 4 is 10.0 Å². The zero-order chi connectivity index (χ0) is 13.2. The Balaban J connectivity index is 2.32. The first-order valence-corrected chi connectivity index (χ1v) is 7.47. The predicted octanol–water partition coefficient (Wildman–Crippen LogP) is 1.33. The Morgan fingerprint density at radius 1 is 1.39 bits per heavy atom. The van der Waals surface area contributed by atoms with Crippen LogP contribution in [-0.4, -0.2) is 31.9 Å². The molecule has 4 nitrogen and oxygen atoms in total. The smallest absolute Gasteiger partial charge is 0.243 e. The fourth-order valence-electron chi connectivity index (χ4n) is 2.06. The fraction of sp³-hybridized carbons (Fsp3) is 0.500. The molecule has 0 unspecified atom stereocenters. The van der Waals surface area contributed by atoms with E-state index >= 15 is 0 Å². The van der Waals surface area contributed by atoms with Gasteiger partial charge in [0.1, 0.15) is 5.82 Å². The number of halogens is 1. The van der Waals surface area contributed by atoms with Crippen LogP contribution >= 0.6 is 0 Å². The molecule has 0 atom stereocenters. The molecule has 1 saturated carbocycles. The van der Waals surface area contributed by atoms with Gasteiger partial charge in [0.25, 0.3) is 0 Å². The number of rotatable bonds is 5. The molecule has 1 aromatic carbocycles. The molecule has 2 rings (SSSR count). The van der Waals surface area contributed by atoms with Crippen LogP contribution in [0.1, 0.15) is 19.3 Å². The summed E-state index contributed by atoms with van der Waals surface area (Å²) in [5.41, 5.74) is 5.47. The number of hydrogen-bond donors (Lipinski definition) is 1. The third-order valence-corrected chi connectivity index (χ3v) is 5.18. The Kier molecular flexibility index (Phi) is 3.99. The van der Waals surface area contributed by atoms with E-state index in [0.717, 1.165) is 25.3 Å². The molecule has 0 aromatic heterocycles. The first-order valence-electron chi connectivity index (χ1n) is 6.03. The summed E-state index contributed by atoms with van der Waals surface area (Å²) in [7, 11) is -3.63. The second-order valence-corrected chi connectivity index (χ2v) is 6.34. The quantitative estimate of drug-likeness (QED) is 0.879. The maximum absolute atomic E-state index is 13.1. The van der Waals surface area contributed by atoms with E-state index in [0.29, 0.717) is 0 Å². The highest BCUT2D eigenvalue weighted by molar-refractivity contribution is 7.89. The van der Waals surface area contributed by atoms with Crippen molar-refractivity contribution in [2.45, 2.75) is 30.2 Å². The van der Waals surface area contributed by atoms with Crippen molar-refractivity contribution in [3.63, 3.8) is 0 Å². The van der Waals surface area contributed by atoms with Gasteiger partial charge in [0.05, 0.1) is 4.90 Å². The van der Waals surface area contributed by atoms with E-state index in [1.54, 1.807) is 0 Å². The lowest BCUT2D eigenvalue weighted by atomic mass is 9.93. The van der Waals surface area contributed by atoms with Gasteiger partial charge in [0.2, 0.25) is 10.0 Å². The summed E-state index contributed by atoms with van der Waals surface area (Å²) in [5, 5.41) is 0. The van der Waals surface area contributed by atoms with Gasteiger partial charge in [-0.2, -0.15) is 4.31 Å². The Hall–Kier alpha value is -0.980. The first kappa shape index (κ1) is 13.5. The molecule has 18 heavy (non-hydrogen) atoms. The van der Waals surface area contributed by atoms with E-state index in [4.69, 9.17) is 5.73 Å². The lowest BCUT2D eigenvalue weighted by molar-refractivity contribution is 0.223. The lowest BCUT2D eigenvalue weighted by Crippen LogP contribution is -2.46. The minimum absolute atomic E-state index is 0.00264. The monoisotopic (exact) mass is 272 g/mol. The standard InChI is InChI=1S/C12H17FN2O2S/c13-10-3-1-6-12(9-10)18(16,17)15(8-7-14)11-4-2-5-11/h1,3,6,9,11H,2,4-5,7-8,14H2. The second kappa shape index (κ2) is 5.34. The van der Waals surface area contributed by atoms with Gasteiger partial charge in [0, 0.05) is 19.1 Å². The van der Waals surface area contributed by atoms with Gasteiger partial charge in [-0.15, -0.1) is 0 Å². The summed E-state index contributed by atoms with van der Waals surface area (Å²) in [6.45, 7) is 0.550. The normalized spacial score (nSPS) is 16.8. The zero-order valence-electron chi connectivity index (χ0n) is 10.0. The maximum atomic E-state index is 13.1. The molecule has 1 fully saturated rings. The minimum atomic E-state index is -3.63. The summed E-state index contributed by atoms with van der Waals surface area (Å²) in [6, 6.07) is 5.12. The molecular weight excluding hydrogens is 255 g/mol. The molecule has 0 amide bonds. The van der Waals surface area contributed by atoms with Crippen LogP contribution in [0.5, 0.6) is 0 Å². The number of nitrogens with zero attached hydrogens (tertiary/aromatic N) is 1. The number of nitrogens with two attached hydrogens (primary N) is 1. The Bertz CT molecular complexity index is 515. The van der Waals surface area contributed by atoms with Crippen LogP contribution in [0.25, 0.3) is 0 Å². The summed E-state index contributed by atoms with van der Waals surface area (Å²) < 4.78 is 39.4. The van der Waals surface area contributed by atoms with Crippen molar-refractivity contribution in [2.75, 3.05) is 13.1 Å². The van der Waals surface area contributed by atoms with E-state index in [1.807, 2.05) is 0 Å². The van der Waals surface area contributed by atoms with E-state index in [-0.39, 0.29) is 24.0 Å². The van der Waals surface area contributed by atoms with Crippen LogP contribution < -0.4 is 5.73 Å². The largest absolute Gasteiger partial charge is 0.329 e. The SMILES string of the molecule is NCCN(C1CCC1)S(=O)(=O)c1cccc(F)c1. The van der Waals surface area contributed by atoms with Crippen LogP contribution in [0.2, 0.25) is 0 Å². The number of hydrogen-bond acceptors (Lipinski definition) is 3. The Morgan fingerprint density at radius 2 is 2.11 bits per heavy atom. The Labute approximate surface area is 107 Å². The molecule has 2 N–H and O–H groups in total. The molecule has 0 spiro atoms. The zero-order valence-corrected chi connectivity index (χ0v) is 10.9. The van der Waals surface area contributed by atoms with Crippen LogP contribution in [-0.2, 0) is 10.0 Å². The summed E-state index contributed by atoms with van der Waals surface area (Å²) in [4.78, 5) is 0.00264. The third-order valence-electron chi connectivity index (χ3n) is 3.23. The molecule has 1 aliphatic rings. The third kappa shape index (κ3) is 2.55. The van der Waals surface area contributed by atoms with Gasteiger partial charge < -0.3 is 5.73 Å². The molecule has 0 aliphatic heterocycles. The summed E-state index contributed by atoms with van der Waals surface area (Å²) in [6.07, 6.45) is 2.74. The van der Waals surface area contributed by atoms with Crippen molar-refractivity contribution in [2.24, 2.45) is 5.73 Å². The van der Waals surface area contributed by atoms with Crippen molar-refractivity contribution < 1.29 is 12.8 Å². The fourth-order valence-corrected chi connectivity index (χ4v) is 3.80. The molecule has 0 heterocycles. The van der Waals surface area contributed by atoms with Crippen LogP contribution in [0.3, 0.4) is 0 Å². The maximum Gasteiger partial charge on any atom is 0.243 e. The summed E-state index contributed by atoms with van der Waals surface area (Å²) in [5.74, 6) is -0.544. The lowest BCUT2D eigenvalue weighted by Gasteiger charge is -2.36. The van der Waals surface area contributed by atoms with Gasteiger partial charge in [0.15, 0.2) is 0 Å². The second-order valence-electron chi connectivity index (χ2n) is 4.45. The van der Waals surface area contributed by atoms with E-state index in [9.17, 15) is 12.8 Å². The van der Waals surface area contributed by atoms with Gasteiger partial charge in [-0.1, -0.05) is 12.5 Å². The van der Waals surface area contributed by atoms with Gasteiger partial charge in [-0.05, 0) is 31.0 Å². The first-order chi connectivity index (χ1) is 8.55. The molecular formula is C12H17FN2O2S. The molecule has 0 bridgehead atoms. The molecule has 6 heteroatoms. The van der Waals surface area contributed by atoms with Crippen molar-refractivity contribution in [3.05, 3.63) is 30.1 Å². The van der Waals surface area contributed by atoms with Gasteiger partial charge >= 0.3 is 0 Å². The van der Waals surface area contributed by atoms with Crippen molar-refractivity contribution in [3.8, 4) is 0 Å². The van der Waals surface area contributed by atoms with Crippen molar-refractivity contribution in [1.29, 1.82) is 0 Å². The van der Waals surface area contributed by atoms with E-state index in [2.05, 4.69) is 0 Å². The van der Waals surface area contributed by atoms with Gasteiger partial charge in [-0.25, -0.2) is 12.8 Å². The number of sulfonamides is 1. The average Bonchev–Trinajstić information content (AvgIpc) is 2.26. The van der Waals surface area contributed by atoms with Crippen LogP contribution in [0, 0.1) is 5.82 Å². The topological polar surface area (TPSA) is 63.4 Å². The Morgan fingerprint density at radius 3 is 2.61 bits per heavy atom. The highest BCUT2D eigenvalue weighted by atomic mass is 32.2. The molecule has 0 saturated heterocycles. The van der Waals surface area contributed by atoms with E-state index < -0.39 is 15.8 Å². The molecule has 100 valence electrons. The minimum Gasteiger partial charge on any atom is -0.329 e. The summed E-state index contributed by atoms with van der Waals surface area (Å²) >= 11 is 0. The van der Waals surface area contributed by atoms with Crippen LogP contribution in [0.15, 0.2) is 29.2 Å². The highest BCUT2D eigenvalue weighted by Crippen LogP contribution is 2.29.